The topological polar surface area (TPSA) is 21.6 Å². The summed E-state index contributed by atoms with van der Waals surface area (Å²) in [7, 11) is 0. The molecule has 0 aliphatic carbocycles. The largest absolute Gasteiger partial charge is 0.454 e. The number of rotatable bonds is 0. The SMILES string of the molecule is Brc1ccc2c(c1)C=Nc1ccccc1O2. The van der Waals surface area contributed by atoms with E-state index in [4.69, 9.17) is 4.74 Å². The van der Waals surface area contributed by atoms with E-state index in [0.29, 0.717) is 0 Å². The Morgan fingerprint density at radius 2 is 1.88 bits per heavy atom. The summed E-state index contributed by atoms with van der Waals surface area (Å²) in [4.78, 5) is 4.40. The molecule has 0 amide bonds. The third-order valence-electron chi connectivity index (χ3n) is 2.40. The van der Waals surface area contributed by atoms with E-state index in [0.717, 1.165) is 27.2 Å². The van der Waals surface area contributed by atoms with E-state index in [1.54, 1.807) is 0 Å². The van der Waals surface area contributed by atoms with Crippen LogP contribution in [0.1, 0.15) is 5.56 Å². The lowest BCUT2D eigenvalue weighted by Gasteiger charge is -2.07. The van der Waals surface area contributed by atoms with Gasteiger partial charge in [0.15, 0.2) is 5.75 Å². The predicted molar refractivity (Wildman–Crippen MR) is 67.9 cm³/mol. The number of fused-ring (bicyclic) bond motifs is 2. The summed E-state index contributed by atoms with van der Waals surface area (Å²) in [6.45, 7) is 0. The molecule has 3 heteroatoms. The van der Waals surface area contributed by atoms with Crippen molar-refractivity contribution >= 4 is 27.8 Å². The Kier molecular flexibility index (Phi) is 2.26. The highest BCUT2D eigenvalue weighted by Gasteiger charge is 2.10. The number of nitrogens with zero attached hydrogens (tertiary/aromatic N) is 1. The van der Waals surface area contributed by atoms with Crippen molar-refractivity contribution in [1.29, 1.82) is 0 Å². The maximum atomic E-state index is 5.81. The number of hydrogen-bond acceptors (Lipinski definition) is 2. The molecule has 1 aliphatic heterocycles. The zero-order chi connectivity index (χ0) is 11.0. The van der Waals surface area contributed by atoms with Gasteiger partial charge in [-0.25, -0.2) is 0 Å². The van der Waals surface area contributed by atoms with Gasteiger partial charge in [-0.05, 0) is 30.3 Å². The summed E-state index contributed by atoms with van der Waals surface area (Å²) in [5.74, 6) is 1.62. The first-order valence-corrected chi connectivity index (χ1v) is 5.73. The Bertz CT molecular complexity index is 578. The monoisotopic (exact) mass is 273 g/mol. The fourth-order valence-corrected chi connectivity index (χ4v) is 2.00. The first-order valence-electron chi connectivity index (χ1n) is 4.93. The van der Waals surface area contributed by atoms with Crippen LogP contribution in [0.3, 0.4) is 0 Å². The molecule has 0 aromatic heterocycles. The normalized spacial score (nSPS) is 12.3. The highest BCUT2D eigenvalue weighted by molar-refractivity contribution is 9.10. The van der Waals surface area contributed by atoms with Crippen LogP contribution in [0.4, 0.5) is 5.69 Å². The van der Waals surface area contributed by atoms with Crippen molar-refractivity contribution in [1.82, 2.24) is 0 Å². The van der Waals surface area contributed by atoms with E-state index >= 15 is 0 Å². The lowest BCUT2D eigenvalue weighted by Crippen LogP contribution is -1.87. The molecule has 0 spiro atoms. The Labute approximate surface area is 102 Å². The average Bonchev–Trinajstić information content (AvgIpc) is 2.48. The second-order valence-electron chi connectivity index (χ2n) is 3.51. The van der Waals surface area contributed by atoms with E-state index in [-0.39, 0.29) is 0 Å². The molecule has 0 saturated carbocycles. The molecule has 0 radical (unpaired) electrons. The van der Waals surface area contributed by atoms with E-state index in [2.05, 4.69) is 20.9 Å². The molecular weight excluding hydrogens is 266 g/mol. The maximum Gasteiger partial charge on any atom is 0.153 e. The number of para-hydroxylation sites is 2. The minimum Gasteiger partial charge on any atom is -0.454 e. The predicted octanol–water partition coefficient (Wildman–Crippen LogP) is 4.31. The number of aliphatic imine (C=N–C) groups is 1. The van der Waals surface area contributed by atoms with Gasteiger partial charge < -0.3 is 4.74 Å². The molecule has 2 nitrogen and oxygen atoms in total. The maximum absolute atomic E-state index is 5.81. The van der Waals surface area contributed by atoms with Crippen LogP contribution < -0.4 is 4.74 Å². The lowest BCUT2D eigenvalue weighted by atomic mass is 10.2. The first kappa shape index (κ1) is 9.60. The lowest BCUT2D eigenvalue weighted by molar-refractivity contribution is 0.485. The Balaban J connectivity index is 2.17. The van der Waals surface area contributed by atoms with Gasteiger partial charge in [-0.3, -0.25) is 4.99 Å². The average molecular weight is 274 g/mol. The van der Waals surface area contributed by atoms with Gasteiger partial charge in [0, 0.05) is 16.3 Å². The van der Waals surface area contributed by atoms with Crippen molar-refractivity contribution in [2.45, 2.75) is 0 Å². The second kappa shape index (κ2) is 3.76. The molecule has 0 fully saturated rings. The molecule has 0 unspecified atom stereocenters. The van der Waals surface area contributed by atoms with Crippen LogP contribution in [-0.4, -0.2) is 6.21 Å². The molecule has 0 bridgehead atoms. The molecule has 1 heterocycles. The van der Waals surface area contributed by atoms with Crippen LogP contribution in [0.25, 0.3) is 0 Å². The quantitative estimate of drug-likeness (QED) is 0.598. The number of benzene rings is 2. The standard InChI is InChI=1S/C13H8BrNO/c14-10-5-6-12-9(7-10)8-15-11-3-1-2-4-13(11)16-12/h1-8H. The van der Waals surface area contributed by atoms with Crippen molar-refractivity contribution in [3.63, 3.8) is 0 Å². The molecule has 16 heavy (non-hydrogen) atoms. The second-order valence-corrected chi connectivity index (χ2v) is 4.43. The summed E-state index contributed by atoms with van der Waals surface area (Å²) in [6.07, 6.45) is 1.83. The highest BCUT2D eigenvalue weighted by atomic mass is 79.9. The molecule has 0 saturated heterocycles. The highest BCUT2D eigenvalue weighted by Crippen LogP contribution is 2.36. The summed E-state index contributed by atoms with van der Waals surface area (Å²) < 4.78 is 6.83. The van der Waals surface area contributed by atoms with Crippen LogP contribution in [0.2, 0.25) is 0 Å². The summed E-state index contributed by atoms with van der Waals surface area (Å²) >= 11 is 3.43. The summed E-state index contributed by atoms with van der Waals surface area (Å²) in [5, 5.41) is 0. The van der Waals surface area contributed by atoms with E-state index in [1.165, 1.54) is 0 Å². The van der Waals surface area contributed by atoms with Crippen LogP contribution in [0.15, 0.2) is 51.9 Å². The van der Waals surface area contributed by atoms with Gasteiger partial charge in [-0.2, -0.15) is 0 Å². The van der Waals surface area contributed by atoms with Crippen LogP contribution in [-0.2, 0) is 0 Å². The molecule has 1 aliphatic rings. The van der Waals surface area contributed by atoms with Crippen molar-refractivity contribution < 1.29 is 4.74 Å². The van der Waals surface area contributed by atoms with Crippen LogP contribution >= 0.6 is 15.9 Å². The van der Waals surface area contributed by atoms with Gasteiger partial charge in [0.1, 0.15) is 11.4 Å². The fourth-order valence-electron chi connectivity index (χ4n) is 1.62. The molecule has 3 rings (SSSR count). The van der Waals surface area contributed by atoms with Crippen molar-refractivity contribution in [2.75, 3.05) is 0 Å². The molecule has 2 aromatic rings. The van der Waals surface area contributed by atoms with Crippen LogP contribution in [0, 0.1) is 0 Å². The third kappa shape index (κ3) is 1.63. The first-order chi connectivity index (χ1) is 7.83. The van der Waals surface area contributed by atoms with Gasteiger partial charge in [0.05, 0.1) is 0 Å². The van der Waals surface area contributed by atoms with Crippen molar-refractivity contribution in [2.24, 2.45) is 4.99 Å². The fraction of sp³-hybridized carbons (Fsp3) is 0. The van der Waals surface area contributed by atoms with Gasteiger partial charge in [-0.1, -0.05) is 28.1 Å². The molecular formula is C13H8BrNO. The van der Waals surface area contributed by atoms with E-state index in [9.17, 15) is 0 Å². The van der Waals surface area contributed by atoms with E-state index < -0.39 is 0 Å². The Hall–Kier alpha value is -1.61. The minimum absolute atomic E-state index is 0.792. The third-order valence-corrected chi connectivity index (χ3v) is 2.89. The number of halogens is 1. The Morgan fingerprint density at radius 1 is 1.00 bits per heavy atom. The molecule has 0 N–H and O–H groups in total. The molecule has 0 atom stereocenters. The van der Waals surface area contributed by atoms with Crippen molar-refractivity contribution in [3.8, 4) is 11.5 Å². The van der Waals surface area contributed by atoms with Crippen LogP contribution in [0.5, 0.6) is 11.5 Å². The zero-order valence-corrected chi connectivity index (χ0v) is 9.94. The van der Waals surface area contributed by atoms with Gasteiger partial charge >= 0.3 is 0 Å². The molecule has 2 aromatic carbocycles. The Morgan fingerprint density at radius 3 is 2.81 bits per heavy atom. The van der Waals surface area contributed by atoms with Gasteiger partial charge in [0.2, 0.25) is 0 Å². The number of hydrogen-bond donors (Lipinski definition) is 0. The summed E-state index contributed by atoms with van der Waals surface area (Å²) in [6, 6.07) is 13.6. The number of ether oxygens (including phenoxy) is 1. The smallest absolute Gasteiger partial charge is 0.153 e. The molecule has 78 valence electrons. The van der Waals surface area contributed by atoms with E-state index in [1.807, 2.05) is 48.7 Å². The summed E-state index contributed by atoms with van der Waals surface area (Å²) in [5.41, 5.74) is 1.83. The minimum atomic E-state index is 0.792. The van der Waals surface area contributed by atoms with Gasteiger partial charge in [0.25, 0.3) is 0 Å². The van der Waals surface area contributed by atoms with Gasteiger partial charge in [-0.15, -0.1) is 0 Å². The zero-order valence-electron chi connectivity index (χ0n) is 8.35. The van der Waals surface area contributed by atoms with Crippen molar-refractivity contribution in [3.05, 3.63) is 52.5 Å².